The smallest absolute Gasteiger partial charge is 0.229 e. The number of ether oxygens (including phenoxy) is 1. The molecule has 0 bridgehead atoms. The van der Waals surface area contributed by atoms with Gasteiger partial charge in [-0.05, 0) is 37.1 Å². The number of hydrogen-bond donors (Lipinski definition) is 0. The van der Waals surface area contributed by atoms with Crippen molar-refractivity contribution < 1.29 is 9.26 Å². The molecular weight excluding hydrogens is 284 g/mol. The minimum atomic E-state index is 0.345. The molecule has 1 heterocycles. The third kappa shape index (κ3) is 2.66. The molecular formula is C12H11BrN2O2. The standard InChI is InChI=1S/C12H11BrN2O2/c13-9-3-5-10(6-4-9)16-7-11-14-12(17-15-11)8-1-2-8/h3-6,8H,1-2,7H2. The molecule has 0 atom stereocenters. The zero-order valence-electron chi connectivity index (χ0n) is 9.10. The summed E-state index contributed by atoms with van der Waals surface area (Å²) < 4.78 is 11.7. The molecule has 1 aromatic heterocycles. The van der Waals surface area contributed by atoms with Crippen molar-refractivity contribution in [1.29, 1.82) is 0 Å². The van der Waals surface area contributed by atoms with Crippen LogP contribution in [0.2, 0.25) is 0 Å². The van der Waals surface area contributed by atoms with E-state index in [9.17, 15) is 0 Å². The Kier molecular flexibility index (Phi) is 2.84. The summed E-state index contributed by atoms with van der Waals surface area (Å²) in [5.41, 5.74) is 0. The van der Waals surface area contributed by atoms with E-state index in [1.165, 1.54) is 0 Å². The molecule has 0 saturated heterocycles. The van der Waals surface area contributed by atoms with Crippen LogP contribution in [0.15, 0.2) is 33.3 Å². The summed E-state index contributed by atoms with van der Waals surface area (Å²) in [5.74, 6) is 2.64. The van der Waals surface area contributed by atoms with E-state index in [0.29, 0.717) is 18.3 Å². The lowest BCUT2D eigenvalue weighted by Crippen LogP contribution is -1.97. The van der Waals surface area contributed by atoms with E-state index in [-0.39, 0.29) is 0 Å². The summed E-state index contributed by atoms with van der Waals surface area (Å²) in [6.07, 6.45) is 2.32. The fraction of sp³-hybridized carbons (Fsp3) is 0.333. The van der Waals surface area contributed by atoms with E-state index in [1.807, 2.05) is 24.3 Å². The van der Waals surface area contributed by atoms with Crippen LogP contribution in [0.4, 0.5) is 0 Å². The van der Waals surface area contributed by atoms with Gasteiger partial charge in [-0.25, -0.2) is 0 Å². The zero-order valence-corrected chi connectivity index (χ0v) is 10.7. The third-order valence-electron chi connectivity index (χ3n) is 2.59. The largest absolute Gasteiger partial charge is 0.485 e. The van der Waals surface area contributed by atoms with Crippen molar-refractivity contribution in [3.05, 3.63) is 40.5 Å². The van der Waals surface area contributed by atoms with Gasteiger partial charge in [-0.1, -0.05) is 21.1 Å². The quantitative estimate of drug-likeness (QED) is 0.868. The first-order valence-electron chi connectivity index (χ1n) is 5.52. The Labute approximate surface area is 107 Å². The van der Waals surface area contributed by atoms with Gasteiger partial charge in [0.05, 0.1) is 0 Å². The van der Waals surface area contributed by atoms with Gasteiger partial charge >= 0.3 is 0 Å². The van der Waals surface area contributed by atoms with Gasteiger partial charge in [0, 0.05) is 10.4 Å². The first-order chi connectivity index (χ1) is 8.31. The number of rotatable bonds is 4. The highest BCUT2D eigenvalue weighted by atomic mass is 79.9. The molecule has 1 aliphatic rings. The average molecular weight is 295 g/mol. The maximum Gasteiger partial charge on any atom is 0.229 e. The second-order valence-electron chi connectivity index (χ2n) is 4.07. The Morgan fingerprint density at radius 1 is 1.29 bits per heavy atom. The molecule has 0 unspecified atom stereocenters. The topological polar surface area (TPSA) is 48.2 Å². The van der Waals surface area contributed by atoms with Gasteiger partial charge < -0.3 is 9.26 Å². The number of benzene rings is 1. The summed E-state index contributed by atoms with van der Waals surface area (Å²) in [7, 11) is 0. The molecule has 0 radical (unpaired) electrons. The van der Waals surface area contributed by atoms with Gasteiger partial charge in [0.1, 0.15) is 5.75 Å². The molecule has 3 rings (SSSR count). The maximum atomic E-state index is 5.55. The molecule has 0 amide bonds. The molecule has 17 heavy (non-hydrogen) atoms. The molecule has 1 fully saturated rings. The summed E-state index contributed by atoms with van der Waals surface area (Å²) in [6, 6.07) is 7.65. The van der Waals surface area contributed by atoms with Gasteiger partial charge in [0.15, 0.2) is 6.61 Å². The molecule has 0 aliphatic heterocycles. The van der Waals surface area contributed by atoms with Gasteiger partial charge in [-0.2, -0.15) is 4.98 Å². The van der Waals surface area contributed by atoms with Crippen molar-refractivity contribution in [2.75, 3.05) is 0 Å². The first kappa shape index (κ1) is 10.8. The molecule has 1 saturated carbocycles. The summed E-state index contributed by atoms with van der Waals surface area (Å²) in [6.45, 7) is 0.345. The highest BCUT2D eigenvalue weighted by Gasteiger charge is 2.29. The van der Waals surface area contributed by atoms with Crippen LogP contribution in [-0.2, 0) is 6.61 Å². The molecule has 0 spiro atoms. The fourth-order valence-electron chi connectivity index (χ4n) is 1.50. The van der Waals surface area contributed by atoms with Crippen LogP contribution >= 0.6 is 15.9 Å². The van der Waals surface area contributed by atoms with Crippen molar-refractivity contribution in [2.24, 2.45) is 0 Å². The molecule has 0 N–H and O–H groups in total. The molecule has 1 aromatic carbocycles. The predicted molar refractivity (Wildman–Crippen MR) is 64.7 cm³/mol. The van der Waals surface area contributed by atoms with Crippen molar-refractivity contribution in [3.8, 4) is 5.75 Å². The molecule has 1 aliphatic carbocycles. The Hall–Kier alpha value is -1.36. The van der Waals surface area contributed by atoms with E-state index < -0.39 is 0 Å². The van der Waals surface area contributed by atoms with Crippen molar-refractivity contribution in [1.82, 2.24) is 10.1 Å². The predicted octanol–water partition coefficient (Wildman–Crippen LogP) is 3.29. The average Bonchev–Trinajstić information content (AvgIpc) is 3.09. The highest BCUT2D eigenvalue weighted by Crippen LogP contribution is 2.38. The number of nitrogens with zero attached hydrogens (tertiary/aromatic N) is 2. The van der Waals surface area contributed by atoms with Gasteiger partial charge in [0.2, 0.25) is 11.7 Å². The maximum absolute atomic E-state index is 5.55. The number of hydrogen-bond acceptors (Lipinski definition) is 4. The van der Waals surface area contributed by atoms with E-state index in [2.05, 4.69) is 26.1 Å². The molecule has 88 valence electrons. The SMILES string of the molecule is Brc1ccc(OCc2noc(C3CC3)n2)cc1. The normalized spacial score (nSPS) is 14.9. The van der Waals surface area contributed by atoms with Crippen LogP contribution in [0.3, 0.4) is 0 Å². The van der Waals surface area contributed by atoms with Crippen LogP contribution in [0.25, 0.3) is 0 Å². The van der Waals surface area contributed by atoms with Gasteiger partial charge in [-0.15, -0.1) is 0 Å². The Bertz CT molecular complexity index is 505. The van der Waals surface area contributed by atoms with E-state index >= 15 is 0 Å². The highest BCUT2D eigenvalue weighted by molar-refractivity contribution is 9.10. The summed E-state index contributed by atoms with van der Waals surface area (Å²) >= 11 is 3.37. The van der Waals surface area contributed by atoms with Crippen molar-refractivity contribution >= 4 is 15.9 Å². The first-order valence-corrected chi connectivity index (χ1v) is 6.31. The minimum Gasteiger partial charge on any atom is -0.485 e. The molecule has 2 aromatic rings. The van der Waals surface area contributed by atoms with E-state index in [0.717, 1.165) is 29.0 Å². The fourth-order valence-corrected chi connectivity index (χ4v) is 1.77. The van der Waals surface area contributed by atoms with Crippen molar-refractivity contribution in [2.45, 2.75) is 25.4 Å². The van der Waals surface area contributed by atoms with E-state index in [1.54, 1.807) is 0 Å². The van der Waals surface area contributed by atoms with Crippen LogP contribution in [0.5, 0.6) is 5.75 Å². The third-order valence-corrected chi connectivity index (χ3v) is 3.12. The Morgan fingerprint density at radius 3 is 2.76 bits per heavy atom. The zero-order chi connectivity index (χ0) is 11.7. The molecule has 4 nitrogen and oxygen atoms in total. The van der Waals surface area contributed by atoms with Crippen LogP contribution in [0.1, 0.15) is 30.5 Å². The second kappa shape index (κ2) is 4.49. The second-order valence-corrected chi connectivity index (χ2v) is 4.98. The molecule has 5 heteroatoms. The monoisotopic (exact) mass is 294 g/mol. The lowest BCUT2D eigenvalue weighted by atomic mass is 10.3. The lowest BCUT2D eigenvalue weighted by molar-refractivity contribution is 0.285. The van der Waals surface area contributed by atoms with Gasteiger partial charge in [0.25, 0.3) is 0 Å². The lowest BCUT2D eigenvalue weighted by Gasteiger charge is -2.02. The Morgan fingerprint density at radius 2 is 2.06 bits per heavy atom. The Balaban J connectivity index is 1.60. The van der Waals surface area contributed by atoms with Crippen molar-refractivity contribution in [3.63, 3.8) is 0 Å². The van der Waals surface area contributed by atoms with Crippen LogP contribution < -0.4 is 4.74 Å². The van der Waals surface area contributed by atoms with Gasteiger partial charge in [-0.3, -0.25) is 0 Å². The number of halogens is 1. The minimum absolute atomic E-state index is 0.345. The van der Waals surface area contributed by atoms with Crippen LogP contribution in [-0.4, -0.2) is 10.1 Å². The number of aromatic nitrogens is 2. The summed E-state index contributed by atoms with van der Waals surface area (Å²) in [4.78, 5) is 4.29. The van der Waals surface area contributed by atoms with Crippen LogP contribution in [0, 0.1) is 0 Å². The van der Waals surface area contributed by atoms with E-state index in [4.69, 9.17) is 9.26 Å². The summed E-state index contributed by atoms with van der Waals surface area (Å²) in [5, 5.41) is 3.89.